The molecule has 0 aromatic carbocycles. The van der Waals surface area contributed by atoms with Gasteiger partial charge in [0.1, 0.15) is 0 Å². The largest absolute Gasteiger partial charge is 0.259 e. The molecule has 0 saturated heterocycles. The van der Waals surface area contributed by atoms with Crippen molar-refractivity contribution in [2.45, 2.75) is 6.54 Å². The highest BCUT2D eigenvalue weighted by Gasteiger charge is 1.95. The van der Waals surface area contributed by atoms with Gasteiger partial charge in [0.2, 0.25) is 0 Å². The lowest BCUT2D eigenvalue weighted by molar-refractivity contribution is 0.513. The minimum atomic E-state index is -0.716. The summed E-state index contributed by atoms with van der Waals surface area (Å²) >= 11 is 0. The van der Waals surface area contributed by atoms with Gasteiger partial charge in [-0.05, 0) is 5.57 Å². The highest BCUT2D eigenvalue weighted by molar-refractivity contribution is 5.78. The Kier molecular flexibility index (Phi) is 4.26. The lowest BCUT2D eigenvalue weighted by Gasteiger charge is -1.99. The predicted octanol–water partition coefficient (Wildman–Crippen LogP) is 1.39. The summed E-state index contributed by atoms with van der Waals surface area (Å²) < 4.78 is 13.4. The van der Waals surface area contributed by atoms with Crippen LogP contribution in [0.1, 0.15) is 0 Å². The van der Waals surface area contributed by atoms with Crippen LogP contribution in [0.25, 0.3) is 0 Å². The molecule has 74 valence electrons. The summed E-state index contributed by atoms with van der Waals surface area (Å²) in [6.07, 6.45) is 8.14. The highest BCUT2D eigenvalue weighted by Crippen LogP contribution is 1.96. The van der Waals surface area contributed by atoms with Crippen LogP contribution in [-0.4, -0.2) is 28.0 Å². The second-order valence-corrected chi connectivity index (χ2v) is 2.51. The van der Waals surface area contributed by atoms with Gasteiger partial charge in [-0.3, -0.25) is 4.99 Å². The van der Waals surface area contributed by atoms with E-state index < -0.39 is 6.80 Å². The number of aromatic nitrogens is 3. The number of hydrogen-bond donors (Lipinski definition) is 0. The van der Waals surface area contributed by atoms with Crippen LogP contribution in [0.3, 0.4) is 0 Å². The molecule has 0 N–H and O–H groups in total. The van der Waals surface area contributed by atoms with E-state index in [0.717, 1.165) is 5.57 Å². The van der Waals surface area contributed by atoms with Crippen molar-refractivity contribution in [1.29, 1.82) is 0 Å². The number of halogens is 1. The molecule has 0 unspecified atom stereocenters. The first-order chi connectivity index (χ1) is 6.86. The molecule has 5 heteroatoms. The van der Waals surface area contributed by atoms with Crippen LogP contribution in [0, 0.1) is 0 Å². The molecule has 0 saturated carbocycles. The first-order valence-corrected chi connectivity index (χ1v) is 4.08. The molecule has 0 amide bonds. The van der Waals surface area contributed by atoms with Gasteiger partial charge >= 0.3 is 0 Å². The average Bonchev–Trinajstić information content (AvgIpc) is 2.67. The first kappa shape index (κ1) is 10.3. The fourth-order valence-electron chi connectivity index (χ4n) is 0.944. The van der Waals surface area contributed by atoms with Gasteiger partial charge in [-0.15, -0.1) is 5.10 Å². The van der Waals surface area contributed by atoms with Gasteiger partial charge in [-0.1, -0.05) is 23.9 Å². The molecule has 1 heterocycles. The lowest BCUT2D eigenvalue weighted by atomic mass is 10.2. The maximum absolute atomic E-state index is 11.8. The van der Waals surface area contributed by atoms with Crippen molar-refractivity contribution < 1.29 is 4.39 Å². The minimum Gasteiger partial charge on any atom is -0.259 e. The van der Waals surface area contributed by atoms with Gasteiger partial charge in [-0.25, -0.2) is 9.07 Å². The second kappa shape index (κ2) is 5.80. The number of allylic oxidation sites excluding steroid dienone is 3. The summed E-state index contributed by atoms with van der Waals surface area (Å²) in [4.78, 5) is 3.50. The maximum atomic E-state index is 11.8. The summed E-state index contributed by atoms with van der Waals surface area (Å²) in [5.74, 6) is 0. The number of rotatable bonds is 5. The Bertz CT molecular complexity index is 327. The maximum Gasteiger partial charge on any atom is 0.179 e. The molecule has 0 spiro atoms. The van der Waals surface area contributed by atoms with Gasteiger partial charge in [0.15, 0.2) is 6.80 Å². The molecule has 0 bridgehead atoms. The fraction of sp³-hybridized carbons (Fsp3) is 0.222. The number of aliphatic imine (C=N–C) groups is 1. The molecule has 0 aliphatic heterocycles. The molecule has 0 atom stereocenters. The SMILES string of the molecule is C=C/C=C(\C=N/CF)Cn1ccnn1. The standard InChI is InChI=1S/C9H11FN4/c1-2-3-9(6-11-8-10)7-14-5-4-12-13-14/h2-6H,1,7-8H2/b9-3+,11-6-. The molecule has 0 aliphatic rings. The van der Waals surface area contributed by atoms with E-state index in [1.807, 2.05) is 0 Å². The summed E-state index contributed by atoms with van der Waals surface area (Å²) in [6, 6.07) is 0. The van der Waals surface area contributed by atoms with E-state index in [9.17, 15) is 4.39 Å². The van der Waals surface area contributed by atoms with E-state index in [2.05, 4.69) is 21.9 Å². The van der Waals surface area contributed by atoms with Gasteiger partial charge in [0.05, 0.1) is 12.7 Å². The van der Waals surface area contributed by atoms with Crippen LogP contribution >= 0.6 is 0 Å². The highest BCUT2D eigenvalue weighted by atomic mass is 19.1. The Morgan fingerprint density at radius 3 is 3.07 bits per heavy atom. The molecule has 0 radical (unpaired) electrons. The van der Waals surface area contributed by atoms with Crippen molar-refractivity contribution in [3.05, 3.63) is 36.7 Å². The Morgan fingerprint density at radius 2 is 2.50 bits per heavy atom. The van der Waals surface area contributed by atoms with Gasteiger partial charge in [-0.2, -0.15) is 0 Å². The summed E-state index contributed by atoms with van der Waals surface area (Å²) in [5.41, 5.74) is 0.822. The molecule has 4 nitrogen and oxygen atoms in total. The zero-order valence-electron chi connectivity index (χ0n) is 7.67. The number of alkyl halides is 1. The normalized spacial score (nSPS) is 12.2. The smallest absolute Gasteiger partial charge is 0.179 e. The van der Waals surface area contributed by atoms with E-state index in [-0.39, 0.29) is 0 Å². The van der Waals surface area contributed by atoms with Gasteiger partial charge in [0, 0.05) is 12.4 Å². The average molecular weight is 194 g/mol. The molecule has 1 rings (SSSR count). The summed E-state index contributed by atoms with van der Waals surface area (Å²) in [7, 11) is 0. The van der Waals surface area contributed by atoms with Crippen molar-refractivity contribution in [3.63, 3.8) is 0 Å². The van der Waals surface area contributed by atoms with Crippen molar-refractivity contribution in [2.75, 3.05) is 6.80 Å². The molecule has 1 aromatic rings. The van der Waals surface area contributed by atoms with Crippen molar-refractivity contribution in [2.24, 2.45) is 4.99 Å². The van der Waals surface area contributed by atoms with Gasteiger partial charge < -0.3 is 0 Å². The molecule has 0 aliphatic carbocycles. The van der Waals surface area contributed by atoms with Gasteiger partial charge in [0.25, 0.3) is 0 Å². The van der Waals surface area contributed by atoms with E-state index in [4.69, 9.17) is 0 Å². The Morgan fingerprint density at radius 1 is 1.64 bits per heavy atom. The molecule has 0 fully saturated rings. The van der Waals surface area contributed by atoms with Crippen LogP contribution in [0.15, 0.2) is 41.7 Å². The lowest BCUT2D eigenvalue weighted by Crippen LogP contribution is -2.03. The quantitative estimate of drug-likeness (QED) is 0.404. The third kappa shape index (κ3) is 3.30. The number of hydrogen-bond acceptors (Lipinski definition) is 3. The third-order valence-corrected chi connectivity index (χ3v) is 1.47. The summed E-state index contributed by atoms with van der Waals surface area (Å²) in [6.45, 7) is 3.35. The fourth-order valence-corrected chi connectivity index (χ4v) is 0.944. The van der Waals surface area contributed by atoms with Crippen LogP contribution in [0.5, 0.6) is 0 Å². The molecular formula is C9H11FN4. The van der Waals surface area contributed by atoms with Crippen LogP contribution in [0.4, 0.5) is 4.39 Å². The third-order valence-electron chi connectivity index (χ3n) is 1.47. The summed E-state index contributed by atoms with van der Waals surface area (Å²) in [5, 5.41) is 7.44. The van der Waals surface area contributed by atoms with E-state index in [1.165, 1.54) is 6.21 Å². The zero-order valence-corrected chi connectivity index (χ0v) is 7.67. The van der Waals surface area contributed by atoms with E-state index in [1.54, 1.807) is 29.2 Å². The zero-order chi connectivity index (χ0) is 10.2. The molecular weight excluding hydrogens is 183 g/mol. The molecule has 14 heavy (non-hydrogen) atoms. The van der Waals surface area contributed by atoms with Crippen LogP contribution < -0.4 is 0 Å². The Hall–Kier alpha value is -1.78. The van der Waals surface area contributed by atoms with Crippen LogP contribution in [-0.2, 0) is 6.54 Å². The predicted molar refractivity (Wildman–Crippen MR) is 52.8 cm³/mol. The minimum absolute atomic E-state index is 0.509. The monoisotopic (exact) mass is 194 g/mol. The first-order valence-electron chi connectivity index (χ1n) is 4.08. The molecule has 1 aromatic heterocycles. The van der Waals surface area contributed by atoms with Crippen molar-refractivity contribution >= 4 is 6.21 Å². The Labute approximate surface area is 81.5 Å². The van der Waals surface area contributed by atoms with E-state index in [0.29, 0.717) is 6.54 Å². The second-order valence-electron chi connectivity index (χ2n) is 2.51. The topological polar surface area (TPSA) is 43.1 Å². The van der Waals surface area contributed by atoms with Crippen molar-refractivity contribution in [1.82, 2.24) is 15.0 Å². The van der Waals surface area contributed by atoms with Crippen molar-refractivity contribution in [3.8, 4) is 0 Å². The Balaban J connectivity index is 2.65. The van der Waals surface area contributed by atoms with Crippen LogP contribution in [0.2, 0.25) is 0 Å². The number of nitrogens with zero attached hydrogens (tertiary/aromatic N) is 4. The van der Waals surface area contributed by atoms with E-state index >= 15 is 0 Å².